The molecule has 2 unspecified atom stereocenters. The number of rotatable bonds is 2. The van der Waals surface area contributed by atoms with Crippen LogP contribution in [-0.2, 0) is 16.0 Å². The van der Waals surface area contributed by atoms with E-state index in [1.165, 1.54) is 12.0 Å². The van der Waals surface area contributed by atoms with Gasteiger partial charge in [0.05, 0.1) is 6.42 Å². The Balaban J connectivity index is 1.45. The maximum Gasteiger partial charge on any atom is 0.227 e. The molecule has 3 atom stereocenters. The third-order valence-electron chi connectivity index (χ3n) is 5.97. The van der Waals surface area contributed by atoms with Gasteiger partial charge in [-0.1, -0.05) is 29.8 Å². The first kappa shape index (κ1) is 15.7. The molecule has 3 saturated heterocycles. The van der Waals surface area contributed by atoms with Crippen molar-refractivity contribution < 1.29 is 9.59 Å². The van der Waals surface area contributed by atoms with Crippen molar-refractivity contribution in [2.75, 3.05) is 19.6 Å². The molecule has 0 spiro atoms. The molecule has 3 aliphatic heterocycles. The maximum absolute atomic E-state index is 12.8. The molecule has 4 nitrogen and oxygen atoms in total. The first-order valence-corrected chi connectivity index (χ1v) is 9.23. The summed E-state index contributed by atoms with van der Waals surface area (Å²) in [6.45, 7) is 4.56. The lowest BCUT2D eigenvalue weighted by Gasteiger charge is -2.52. The number of benzene rings is 1. The minimum Gasteiger partial charge on any atom is -0.342 e. The van der Waals surface area contributed by atoms with Gasteiger partial charge in [0.15, 0.2) is 0 Å². The van der Waals surface area contributed by atoms with Crippen LogP contribution < -0.4 is 0 Å². The summed E-state index contributed by atoms with van der Waals surface area (Å²) in [5.41, 5.74) is 2.30. The van der Waals surface area contributed by atoms with Crippen LogP contribution in [0.2, 0.25) is 0 Å². The summed E-state index contributed by atoms with van der Waals surface area (Å²) in [5.74, 6) is 1.51. The number of fused-ring (bicyclic) bond motifs is 4. The van der Waals surface area contributed by atoms with Gasteiger partial charge in [0.2, 0.25) is 11.8 Å². The lowest BCUT2D eigenvalue weighted by molar-refractivity contribution is -0.148. The van der Waals surface area contributed by atoms with Gasteiger partial charge in [0, 0.05) is 32.1 Å². The number of likely N-dealkylation sites (tertiary alicyclic amines) is 1. The zero-order valence-electron chi connectivity index (χ0n) is 14.4. The van der Waals surface area contributed by atoms with Gasteiger partial charge in [0.25, 0.3) is 0 Å². The second-order valence-corrected chi connectivity index (χ2v) is 7.83. The highest BCUT2D eigenvalue weighted by atomic mass is 16.2. The molecule has 0 saturated carbocycles. The van der Waals surface area contributed by atoms with E-state index in [4.69, 9.17) is 0 Å². The number of aryl methyl sites for hydroxylation is 1. The van der Waals surface area contributed by atoms with Gasteiger partial charge < -0.3 is 9.80 Å². The molecule has 4 rings (SSSR count). The van der Waals surface area contributed by atoms with E-state index in [-0.39, 0.29) is 5.91 Å². The molecule has 0 N–H and O–H groups in total. The average molecular weight is 326 g/mol. The predicted octanol–water partition coefficient (Wildman–Crippen LogP) is 2.40. The normalized spacial score (nSPS) is 29.4. The van der Waals surface area contributed by atoms with Crippen LogP contribution in [0.5, 0.6) is 0 Å². The van der Waals surface area contributed by atoms with Crippen molar-refractivity contribution in [3.8, 4) is 0 Å². The Bertz CT molecular complexity index is 657. The van der Waals surface area contributed by atoms with Crippen molar-refractivity contribution >= 4 is 11.8 Å². The fraction of sp³-hybridized carbons (Fsp3) is 0.600. The number of hydrogen-bond donors (Lipinski definition) is 0. The van der Waals surface area contributed by atoms with Gasteiger partial charge in [-0.3, -0.25) is 9.59 Å². The molecule has 4 heteroatoms. The molecule has 0 aliphatic carbocycles. The van der Waals surface area contributed by atoms with Gasteiger partial charge in [-0.2, -0.15) is 0 Å². The summed E-state index contributed by atoms with van der Waals surface area (Å²) >= 11 is 0. The summed E-state index contributed by atoms with van der Waals surface area (Å²) in [4.78, 5) is 29.2. The average Bonchev–Trinajstić information content (AvgIpc) is 2.56. The Morgan fingerprint density at radius 1 is 1.25 bits per heavy atom. The first-order chi connectivity index (χ1) is 11.6. The Hall–Kier alpha value is -1.84. The zero-order chi connectivity index (χ0) is 16.7. The van der Waals surface area contributed by atoms with Crippen LogP contribution in [0.4, 0.5) is 0 Å². The van der Waals surface area contributed by atoms with Gasteiger partial charge in [0.1, 0.15) is 0 Å². The summed E-state index contributed by atoms with van der Waals surface area (Å²) in [7, 11) is 0. The van der Waals surface area contributed by atoms with Gasteiger partial charge in [-0.15, -0.1) is 0 Å². The fourth-order valence-corrected chi connectivity index (χ4v) is 4.92. The molecular formula is C20H26N2O2. The van der Waals surface area contributed by atoms with Crippen LogP contribution in [0.1, 0.15) is 36.8 Å². The number of amides is 2. The Morgan fingerprint density at radius 3 is 2.96 bits per heavy atom. The van der Waals surface area contributed by atoms with Crippen LogP contribution in [0.3, 0.4) is 0 Å². The predicted molar refractivity (Wildman–Crippen MR) is 92.4 cm³/mol. The monoisotopic (exact) mass is 326 g/mol. The lowest BCUT2D eigenvalue weighted by atomic mass is 9.76. The summed E-state index contributed by atoms with van der Waals surface area (Å²) in [6, 6.07) is 8.60. The van der Waals surface area contributed by atoms with E-state index in [1.807, 2.05) is 12.1 Å². The van der Waals surface area contributed by atoms with Gasteiger partial charge >= 0.3 is 0 Å². The number of piperidine rings is 3. The minimum absolute atomic E-state index is 0.242. The number of carbonyl (C=O) groups excluding carboxylic acids is 2. The SMILES string of the molecule is Cc1cccc(CC(=O)N2CC3CC(C2)[C@H]2CCCC(=O)N2C3)c1. The molecule has 3 aliphatic rings. The van der Waals surface area contributed by atoms with Crippen molar-refractivity contribution in [3.63, 3.8) is 0 Å². The Morgan fingerprint density at radius 2 is 2.12 bits per heavy atom. The van der Waals surface area contributed by atoms with Crippen LogP contribution in [0.15, 0.2) is 24.3 Å². The Labute approximate surface area is 143 Å². The number of nitrogens with zero attached hydrogens (tertiary/aromatic N) is 2. The minimum atomic E-state index is 0.242. The van der Waals surface area contributed by atoms with Crippen LogP contribution in [0, 0.1) is 18.8 Å². The van der Waals surface area contributed by atoms with Crippen LogP contribution in [-0.4, -0.2) is 47.3 Å². The molecule has 128 valence electrons. The lowest BCUT2D eigenvalue weighted by Crippen LogP contribution is -2.61. The second-order valence-electron chi connectivity index (χ2n) is 7.83. The molecule has 0 radical (unpaired) electrons. The molecule has 3 heterocycles. The van der Waals surface area contributed by atoms with Crippen molar-refractivity contribution in [3.05, 3.63) is 35.4 Å². The molecule has 0 aromatic heterocycles. The maximum atomic E-state index is 12.8. The number of hydrogen-bond acceptors (Lipinski definition) is 2. The summed E-state index contributed by atoms with van der Waals surface area (Å²) in [5, 5.41) is 0. The van der Waals surface area contributed by atoms with Crippen molar-refractivity contribution in [2.45, 2.75) is 45.1 Å². The smallest absolute Gasteiger partial charge is 0.227 e. The van der Waals surface area contributed by atoms with Crippen molar-refractivity contribution in [1.29, 1.82) is 0 Å². The topological polar surface area (TPSA) is 40.6 Å². The van der Waals surface area contributed by atoms with Crippen molar-refractivity contribution in [2.24, 2.45) is 11.8 Å². The quantitative estimate of drug-likeness (QED) is 0.837. The molecule has 1 aromatic carbocycles. The highest BCUT2D eigenvalue weighted by molar-refractivity contribution is 5.79. The molecule has 3 fully saturated rings. The largest absolute Gasteiger partial charge is 0.342 e. The third kappa shape index (κ3) is 2.94. The highest BCUT2D eigenvalue weighted by Crippen LogP contribution is 2.38. The first-order valence-electron chi connectivity index (χ1n) is 9.23. The van der Waals surface area contributed by atoms with E-state index in [2.05, 4.69) is 28.9 Å². The second kappa shape index (κ2) is 6.23. The summed E-state index contributed by atoms with van der Waals surface area (Å²) < 4.78 is 0. The fourth-order valence-electron chi connectivity index (χ4n) is 4.92. The third-order valence-corrected chi connectivity index (χ3v) is 5.97. The van der Waals surface area contributed by atoms with Gasteiger partial charge in [-0.05, 0) is 43.6 Å². The summed E-state index contributed by atoms with van der Waals surface area (Å²) in [6.07, 6.45) is 4.52. The molecule has 1 aromatic rings. The van der Waals surface area contributed by atoms with Gasteiger partial charge in [-0.25, -0.2) is 0 Å². The van der Waals surface area contributed by atoms with Crippen molar-refractivity contribution in [1.82, 2.24) is 9.80 Å². The highest BCUT2D eigenvalue weighted by Gasteiger charge is 2.44. The molecule has 2 bridgehead atoms. The van der Waals surface area contributed by atoms with E-state index >= 15 is 0 Å². The van der Waals surface area contributed by atoms with Crippen LogP contribution >= 0.6 is 0 Å². The van der Waals surface area contributed by atoms with E-state index in [0.717, 1.165) is 38.0 Å². The Kier molecular flexibility index (Phi) is 4.07. The standard InChI is InChI=1S/C20H26N2O2/c1-14-4-2-5-15(8-14)10-20(24)21-11-16-9-17(13-21)18-6-3-7-19(23)22(18)12-16/h2,4-5,8,16-18H,3,6-7,9-13H2,1H3/t16?,17?,18-/m1/s1. The zero-order valence-corrected chi connectivity index (χ0v) is 14.4. The van der Waals surface area contributed by atoms with E-state index in [1.54, 1.807) is 0 Å². The molecular weight excluding hydrogens is 300 g/mol. The number of carbonyl (C=O) groups is 2. The van der Waals surface area contributed by atoms with Crippen LogP contribution in [0.25, 0.3) is 0 Å². The molecule has 2 amide bonds. The van der Waals surface area contributed by atoms with E-state index in [9.17, 15) is 9.59 Å². The van der Waals surface area contributed by atoms with E-state index < -0.39 is 0 Å². The van der Waals surface area contributed by atoms with E-state index in [0.29, 0.717) is 36.6 Å². The molecule has 24 heavy (non-hydrogen) atoms.